The van der Waals surface area contributed by atoms with E-state index in [1.165, 1.54) is 36.0 Å². The van der Waals surface area contributed by atoms with Gasteiger partial charge in [0, 0.05) is 17.1 Å². The van der Waals surface area contributed by atoms with Gasteiger partial charge >= 0.3 is 0 Å². The third kappa shape index (κ3) is 6.77. The van der Waals surface area contributed by atoms with E-state index in [2.05, 4.69) is 45.9 Å². The molecule has 0 atom stereocenters. The number of carbonyl (C=O) groups is 1. The fraction of sp³-hybridized carbons (Fsp3) is 0.450. The fourth-order valence-corrected chi connectivity index (χ4v) is 2.80. The minimum Gasteiger partial charge on any atom is -0.299 e. The SMILES string of the molecule is CC(C=CC=C(C)C=CC1=C(C)CCCC1(C)C)=CC=O.[Fe]. The topological polar surface area (TPSA) is 17.1 Å². The Balaban J connectivity index is 0.00000441. The van der Waals surface area contributed by atoms with Gasteiger partial charge in [-0.15, -0.1) is 0 Å². The van der Waals surface area contributed by atoms with Gasteiger partial charge in [-0.3, -0.25) is 4.79 Å². The van der Waals surface area contributed by atoms with E-state index in [0.717, 1.165) is 11.9 Å². The Labute approximate surface area is 146 Å². The van der Waals surface area contributed by atoms with Crippen LogP contribution in [0.15, 0.2) is 58.7 Å². The number of hydrogen-bond acceptors (Lipinski definition) is 1. The minimum atomic E-state index is 0. The number of rotatable bonds is 5. The van der Waals surface area contributed by atoms with E-state index in [1.807, 2.05) is 19.1 Å². The van der Waals surface area contributed by atoms with Crippen LogP contribution in [0.5, 0.6) is 0 Å². The first-order chi connectivity index (χ1) is 9.86. The molecule has 0 radical (unpaired) electrons. The summed E-state index contributed by atoms with van der Waals surface area (Å²) >= 11 is 0. The van der Waals surface area contributed by atoms with Crippen molar-refractivity contribution in [2.75, 3.05) is 0 Å². The first-order valence-electron chi connectivity index (χ1n) is 7.72. The molecule has 0 aromatic rings. The summed E-state index contributed by atoms with van der Waals surface area (Å²) < 4.78 is 0. The van der Waals surface area contributed by atoms with Crippen molar-refractivity contribution >= 4 is 6.29 Å². The van der Waals surface area contributed by atoms with E-state index >= 15 is 0 Å². The van der Waals surface area contributed by atoms with Crippen LogP contribution >= 0.6 is 0 Å². The maximum atomic E-state index is 10.3. The zero-order chi connectivity index (χ0) is 15.9. The Morgan fingerprint density at radius 3 is 2.32 bits per heavy atom. The third-order valence-electron chi connectivity index (χ3n) is 4.10. The predicted molar refractivity (Wildman–Crippen MR) is 92.2 cm³/mol. The van der Waals surface area contributed by atoms with Gasteiger partial charge in [-0.2, -0.15) is 0 Å². The second-order valence-electron chi connectivity index (χ2n) is 6.58. The van der Waals surface area contributed by atoms with Crippen LogP contribution in [-0.2, 0) is 21.9 Å². The molecule has 0 aliphatic heterocycles. The number of aldehydes is 1. The fourth-order valence-electron chi connectivity index (χ4n) is 2.80. The van der Waals surface area contributed by atoms with E-state index in [0.29, 0.717) is 0 Å². The van der Waals surface area contributed by atoms with Crippen molar-refractivity contribution < 1.29 is 21.9 Å². The molecule has 0 aromatic heterocycles. The number of allylic oxidation sites excluding steroid dienone is 10. The van der Waals surface area contributed by atoms with Crippen LogP contribution in [0.25, 0.3) is 0 Å². The summed E-state index contributed by atoms with van der Waals surface area (Å²) in [5.41, 5.74) is 5.48. The molecule has 0 heterocycles. The monoisotopic (exact) mass is 340 g/mol. The first-order valence-corrected chi connectivity index (χ1v) is 7.72. The Kier molecular flexibility index (Phi) is 9.32. The summed E-state index contributed by atoms with van der Waals surface area (Å²) in [6.45, 7) is 10.9. The summed E-state index contributed by atoms with van der Waals surface area (Å²) in [4.78, 5) is 10.3. The molecular weight excluding hydrogens is 312 g/mol. The van der Waals surface area contributed by atoms with Gasteiger partial charge in [-0.1, -0.05) is 55.4 Å². The first kappa shape index (κ1) is 20.9. The minimum absolute atomic E-state index is 0. The Morgan fingerprint density at radius 1 is 1.09 bits per heavy atom. The van der Waals surface area contributed by atoms with Crippen molar-refractivity contribution in [1.29, 1.82) is 0 Å². The van der Waals surface area contributed by atoms with Gasteiger partial charge in [0.2, 0.25) is 0 Å². The summed E-state index contributed by atoms with van der Waals surface area (Å²) in [7, 11) is 0. The van der Waals surface area contributed by atoms with E-state index in [-0.39, 0.29) is 22.5 Å². The molecule has 0 fully saturated rings. The molecule has 0 amide bonds. The standard InChI is InChI=1S/C20H28O.Fe/c1-16(8-6-9-17(2)13-15-21)11-12-19-18(3)10-7-14-20(19,4)5;/h6,8-9,11-13,15H,7,10,14H2,1-5H3;. The van der Waals surface area contributed by atoms with Crippen LogP contribution in [0.2, 0.25) is 0 Å². The smallest absolute Gasteiger partial charge is 0.143 e. The van der Waals surface area contributed by atoms with Crippen LogP contribution in [0.4, 0.5) is 0 Å². The van der Waals surface area contributed by atoms with Crippen molar-refractivity contribution in [3.63, 3.8) is 0 Å². The van der Waals surface area contributed by atoms with E-state index in [1.54, 1.807) is 6.08 Å². The van der Waals surface area contributed by atoms with Crippen LogP contribution in [0.1, 0.15) is 53.9 Å². The molecule has 1 aliphatic carbocycles. The molecular formula is C20H28FeO. The van der Waals surface area contributed by atoms with Gasteiger partial charge in [-0.25, -0.2) is 0 Å². The molecule has 0 saturated carbocycles. The molecule has 1 rings (SSSR count). The largest absolute Gasteiger partial charge is 0.299 e. The normalized spacial score (nSPS) is 19.7. The molecule has 2 heteroatoms. The average Bonchev–Trinajstić information content (AvgIpc) is 2.37. The zero-order valence-corrected chi connectivity index (χ0v) is 15.5. The molecule has 0 spiro atoms. The van der Waals surface area contributed by atoms with Gasteiger partial charge in [-0.05, 0) is 62.7 Å². The molecule has 1 nitrogen and oxygen atoms in total. The van der Waals surface area contributed by atoms with E-state index in [4.69, 9.17) is 0 Å². The van der Waals surface area contributed by atoms with E-state index < -0.39 is 0 Å². The number of carbonyl (C=O) groups excluding carboxylic acids is 1. The Hall–Kier alpha value is -1.11. The molecule has 0 unspecified atom stereocenters. The molecule has 0 aromatic carbocycles. The Bertz CT molecular complexity index is 528. The second-order valence-corrected chi connectivity index (χ2v) is 6.58. The Morgan fingerprint density at radius 2 is 1.73 bits per heavy atom. The maximum absolute atomic E-state index is 10.3. The van der Waals surface area contributed by atoms with Gasteiger partial charge in [0.1, 0.15) is 6.29 Å². The van der Waals surface area contributed by atoms with Gasteiger partial charge in [0.25, 0.3) is 0 Å². The molecule has 0 saturated heterocycles. The molecule has 0 bridgehead atoms. The maximum Gasteiger partial charge on any atom is 0.143 e. The average molecular weight is 340 g/mol. The molecule has 1 aliphatic rings. The van der Waals surface area contributed by atoms with Gasteiger partial charge < -0.3 is 0 Å². The summed E-state index contributed by atoms with van der Waals surface area (Å²) in [6, 6.07) is 0. The second kappa shape index (κ2) is 9.82. The van der Waals surface area contributed by atoms with Crippen LogP contribution < -0.4 is 0 Å². The van der Waals surface area contributed by atoms with Crippen molar-refractivity contribution in [3.05, 3.63) is 58.7 Å². The third-order valence-corrected chi connectivity index (χ3v) is 4.10. The van der Waals surface area contributed by atoms with Crippen molar-refractivity contribution in [1.82, 2.24) is 0 Å². The van der Waals surface area contributed by atoms with Crippen LogP contribution in [0, 0.1) is 5.41 Å². The van der Waals surface area contributed by atoms with Crippen molar-refractivity contribution in [3.8, 4) is 0 Å². The number of hydrogen-bond donors (Lipinski definition) is 0. The van der Waals surface area contributed by atoms with Crippen LogP contribution in [0.3, 0.4) is 0 Å². The predicted octanol–water partition coefficient (Wildman–Crippen LogP) is 5.71. The molecule has 0 N–H and O–H groups in total. The summed E-state index contributed by atoms with van der Waals surface area (Å²) in [6.07, 6.45) is 16.6. The van der Waals surface area contributed by atoms with E-state index in [9.17, 15) is 4.79 Å². The summed E-state index contributed by atoms with van der Waals surface area (Å²) in [5.74, 6) is 0. The molecule has 122 valence electrons. The summed E-state index contributed by atoms with van der Waals surface area (Å²) in [5, 5.41) is 0. The van der Waals surface area contributed by atoms with Crippen LogP contribution in [-0.4, -0.2) is 6.29 Å². The quantitative estimate of drug-likeness (QED) is 0.271. The van der Waals surface area contributed by atoms with Crippen molar-refractivity contribution in [2.45, 2.75) is 53.9 Å². The molecule has 22 heavy (non-hydrogen) atoms. The van der Waals surface area contributed by atoms with Crippen molar-refractivity contribution in [2.24, 2.45) is 5.41 Å². The van der Waals surface area contributed by atoms with Gasteiger partial charge in [0.05, 0.1) is 0 Å². The zero-order valence-electron chi connectivity index (χ0n) is 14.4. The van der Waals surface area contributed by atoms with Gasteiger partial charge in [0.15, 0.2) is 0 Å².